The molecule has 0 heterocycles. The first-order valence-electron chi connectivity index (χ1n) is 6.39. The molecule has 17 heavy (non-hydrogen) atoms. The summed E-state index contributed by atoms with van der Waals surface area (Å²) in [7, 11) is 0. The summed E-state index contributed by atoms with van der Waals surface area (Å²) in [6.45, 7) is 3.26. The molecule has 1 fully saturated rings. The van der Waals surface area contributed by atoms with Crippen LogP contribution in [0.15, 0.2) is 28.7 Å². The summed E-state index contributed by atoms with van der Waals surface area (Å²) in [6.07, 6.45) is 4.11. The van der Waals surface area contributed by atoms with Crippen molar-refractivity contribution in [2.75, 3.05) is 5.75 Å². The van der Waals surface area contributed by atoms with E-state index in [1.54, 1.807) is 0 Å². The Morgan fingerprint density at radius 1 is 1.29 bits per heavy atom. The fourth-order valence-electron chi connectivity index (χ4n) is 2.42. The van der Waals surface area contributed by atoms with Crippen molar-refractivity contribution in [3.63, 3.8) is 0 Å². The molecule has 0 amide bonds. The van der Waals surface area contributed by atoms with Crippen LogP contribution in [0.5, 0.6) is 0 Å². The minimum absolute atomic E-state index is 0.712. The van der Waals surface area contributed by atoms with Gasteiger partial charge in [0.25, 0.3) is 0 Å². The van der Waals surface area contributed by atoms with E-state index in [1.807, 2.05) is 0 Å². The minimum Gasteiger partial charge on any atom is -0.309 e. The van der Waals surface area contributed by atoms with Gasteiger partial charge in [-0.2, -0.15) is 11.8 Å². The number of rotatable bonds is 5. The molecule has 1 aromatic rings. The standard InChI is InChI=1S/C14H20BrNS/c1-2-17-14-5-3-4-13(14)16-10-11-6-8-12(15)9-7-11/h6-9,13-14,16H,2-5,10H2,1H3. The van der Waals surface area contributed by atoms with E-state index >= 15 is 0 Å². The monoisotopic (exact) mass is 313 g/mol. The van der Waals surface area contributed by atoms with Crippen molar-refractivity contribution in [2.24, 2.45) is 0 Å². The van der Waals surface area contributed by atoms with Crippen molar-refractivity contribution in [2.45, 2.75) is 44.0 Å². The maximum absolute atomic E-state index is 3.72. The van der Waals surface area contributed by atoms with Crippen LogP contribution in [0.2, 0.25) is 0 Å². The van der Waals surface area contributed by atoms with Gasteiger partial charge in [-0.3, -0.25) is 0 Å². The zero-order valence-electron chi connectivity index (χ0n) is 10.3. The molecule has 1 nitrogen and oxygen atoms in total. The van der Waals surface area contributed by atoms with Gasteiger partial charge < -0.3 is 5.32 Å². The third-order valence-corrected chi connectivity index (χ3v) is 5.17. The molecule has 0 aromatic heterocycles. The molecular weight excluding hydrogens is 294 g/mol. The van der Waals surface area contributed by atoms with Crippen LogP contribution < -0.4 is 5.32 Å². The molecule has 1 aliphatic carbocycles. The number of nitrogens with one attached hydrogen (secondary N) is 1. The third kappa shape index (κ3) is 4.01. The van der Waals surface area contributed by atoms with Gasteiger partial charge in [0.1, 0.15) is 0 Å². The normalized spacial score (nSPS) is 24.1. The highest BCUT2D eigenvalue weighted by Crippen LogP contribution is 2.30. The second-order valence-corrected chi connectivity index (χ2v) is 6.97. The Hall–Kier alpha value is 0.01000. The zero-order chi connectivity index (χ0) is 12.1. The van der Waals surface area contributed by atoms with Crippen molar-refractivity contribution in [3.8, 4) is 0 Å². The summed E-state index contributed by atoms with van der Waals surface area (Å²) in [5.74, 6) is 1.24. The summed E-state index contributed by atoms with van der Waals surface area (Å²) in [5.41, 5.74) is 1.38. The summed E-state index contributed by atoms with van der Waals surface area (Å²) in [6, 6.07) is 9.32. The largest absolute Gasteiger partial charge is 0.309 e. The molecule has 1 N–H and O–H groups in total. The molecular formula is C14H20BrNS. The first-order valence-corrected chi connectivity index (χ1v) is 8.23. The van der Waals surface area contributed by atoms with Gasteiger partial charge in [-0.05, 0) is 36.3 Å². The molecule has 2 atom stereocenters. The Labute approximate surface area is 117 Å². The van der Waals surface area contributed by atoms with E-state index in [0.717, 1.165) is 16.3 Å². The molecule has 1 aliphatic rings. The molecule has 0 spiro atoms. The van der Waals surface area contributed by atoms with E-state index in [9.17, 15) is 0 Å². The molecule has 94 valence electrons. The predicted octanol–water partition coefficient (Wildman–Crippen LogP) is 4.21. The second-order valence-electron chi connectivity index (χ2n) is 4.54. The number of hydrogen-bond donors (Lipinski definition) is 1. The fraction of sp³-hybridized carbons (Fsp3) is 0.571. The minimum atomic E-state index is 0.712. The highest BCUT2D eigenvalue weighted by atomic mass is 79.9. The Kier molecular flexibility index (Phi) is 5.39. The van der Waals surface area contributed by atoms with Crippen molar-refractivity contribution in [1.82, 2.24) is 5.32 Å². The van der Waals surface area contributed by atoms with Gasteiger partial charge in [0.15, 0.2) is 0 Å². The lowest BCUT2D eigenvalue weighted by Gasteiger charge is -2.20. The maximum atomic E-state index is 3.72. The zero-order valence-corrected chi connectivity index (χ0v) is 12.7. The van der Waals surface area contributed by atoms with Gasteiger partial charge in [0.2, 0.25) is 0 Å². The molecule has 1 saturated carbocycles. The Balaban J connectivity index is 1.83. The van der Waals surface area contributed by atoms with Gasteiger partial charge >= 0.3 is 0 Å². The lowest BCUT2D eigenvalue weighted by atomic mass is 10.2. The maximum Gasteiger partial charge on any atom is 0.0208 e. The van der Waals surface area contributed by atoms with E-state index in [-0.39, 0.29) is 0 Å². The van der Waals surface area contributed by atoms with Crippen molar-refractivity contribution in [3.05, 3.63) is 34.3 Å². The van der Waals surface area contributed by atoms with E-state index < -0.39 is 0 Å². The smallest absolute Gasteiger partial charge is 0.0208 e. The van der Waals surface area contributed by atoms with Crippen molar-refractivity contribution >= 4 is 27.7 Å². The average Bonchev–Trinajstić information content (AvgIpc) is 2.77. The van der Waals surface area contributed by atoms with Crippen LogP contribution in [-0.2, 0) is 6.54 Å². The van der Waals surface area contributed by atoms with Crippen LogP contribution >= 0.6 is 27.7 Å². The van der Waals surface area contributed by atoms with Gasteiger partial charge in [-0.1, -0.05) is 41.4 Å². The molecule has 0 aliphatic heterocycles. The average molecular weight is 314 g/mol. The number of thioether (sulfide) groups is 1. The Bertz CT molecular complexity index is 339. The Morgan fingerprint density at radius 2 is 2.06 bits per heavy atom. The molecule has 0 saturated heterocycles. The van der Waals surface area contributed by atoms with Crippen LogP contribution in [0.3, 0.4) is 0 Å². The van der Waals surface area contributed by atoms with E-state index in [1.165, 1.54) is 30.6 Å². The first kappa shape index (κ1) is 13.4. The molecule has 0 radical (unpaired) electrons. The molecule has 1 aromatic carbocycles. The van der Waals surface area contributed by atoms with Crippen LogP contribution in [0.1, 0.15) is 31.7 Å². The van der Waals surface area contributed by atoms with Crippen molar-refractivity contribution in [1.29, 1.82) is 0 Å². The lowest BCUT2D eigenvalue weighted by Crippen LogP contribution is -2.33. The SMILES string of the molecule is CCSC1CCCC1NCc1ccc(Br)cc1. The van der Waals surface area contributed by atoms with Gasteiger partial charge in [0, 0.05) is 22.3 Å². The first-order chi connectivity index (χ1) is 8.29. The third-order valence-electron chi connectivity index (χ3n) is 3.31. The molecule has 2 rings (SSSR count). The number of halogens is 1. The van der Waals surface area contributed by atoms with Crippen LogP contribution in [0.25, 0.3) is 0 Å². The predicted molar refractivity (Wildman–Crippen MR) is 80.5 cm³/mol. The summed E-state index contributed by atoms with van der Waals surface area (Å²) in [4.78, 5) is 0. The molecule has 3 heteroatoms. The molecule has 0 bridgehead atoms. The van der Waals surface area contributed by atoms with E-state index in [4.69, 9.17) is 0 Å². The summed E-state index contributed by atoms with van der Waals surface area (Å²) in [5, 5.41) is 4.55. The number of hydrogen-bond acceptors (Lipinski definition) is 2. The van der Waals surface area contributed by atoms with Gasteiger partial charge in [-0.15, -0.1) is 0 Å². The van der Waals surface area contributed by atoms with Gasteiger partial charge in [-0.25, -0.2) is 0 Å². The second kappa shape index (κ2) is 6.81. The topological polar surface area (TPSA) is 12.0 Å². The van der Waals surface area contributed by atoms with E-state index in [2.05, 4.69) is 64.2 Å². The van der Waals surface area contributed by atoms with E-state index in [0.29, 0.717) is 6.04 Å². The summed E-state index contributed by atoms with van der Waals surface area (Å²) < 4.78 is 1.15. The fourth-order valence-corrected chi connectivity index (χ4v) is 3.91. The highest BCUT2D eigenvalue weighted by Gasteiger charge is 2.26. The number of benzene rings is 1. The Morgan fingerprint density at radius 3 is 2.76 bits per heavy atom. The van der Waals surface area contributed by atoms with Gasteiger partial charge in [0.05, 0.1) is 0 Å². The highest BCUT2D eigenvalue weighted by molar-refractivity contribution is 9.10. The van der Waals surface area contributed by atoms with Crippen LogP contribution in [-0.4, -0.2) is 17.0 Å². The van der Waals surface area contributed by atoms with Crippen LogP contribution in [0, 0.1) is 0 Å². The lowest BCUT2D eigenvalue weighted by molar-refractivity contribution is 0.532. The van der Waals surface area contributed by atoms with Crippen LogP contribution in [0.4, 0.5) is 0 Å². The quantitative estimate of drug-likeness (QED) is 0.873. The van der Waals surface area contributed by atoms with Crippen molar-refractivity contribution < 1.29 is 0 Å². The summed E-state index contributed by atoms with van der Waals surface area (Å²) >= 11 is 5.58. The molecule has 2 unspecified atom stereocenters.